The molecule has 0 fully saturated rings. The highest BCUT2D eigenvalue weighted by molar-refractivity contribution is 6.05. The lowest BCUT2D eigenvalue weighted by atomic mass is 10.1. The maximum absolute atomic E-state index is 13.6. The molecule has 1 aliphatic rings. The quantitative estimate of drug-likeness (QED) is 0.688. The third-order valence-corrected chi connectivity index (χ3v) is 4.44. The van der Waals surface area contributed by atoms with Gasteiger partial charge < -0.3 is 9.64 Å². The Hall–Kier alpha value is -3.22. The summed E-state index contributed by atoms with van der Waals surface area (Å²) in [5.41, 5.74) is 1.36. The van der Waals surface area contributed by atoms with E-state index in [4.69, 9.17) is 4.74 Å². The molecule has 1 aromatic heterocycles. The van der Waals surface area contributed by atoms with E-state index in [1.165, 1.54) is 33.8 Å². The number of alkyl halides is 1. The number of ether oxygens (including phenoxy) is 1. The van der Waals surface area contributed by atoms with Gasteiger partial charge in [-0.25, -0.2) is 8.78 Å². The first-order valence-corrected chi connectivity index (χ1v) is 8.55. The van der Waals surface area contributed by atoms with Crippen LogP contribution in [0.1, 0.15) is 22.2 Å². The highest BCUT2D eigenvalue weighted by Crippen LogP contribution is 2.27. The van der Waals surface area contributed by atoms with Crippen LogP contribution in [0.25, 0.3) is 0 Å². The number of para-hydroxylation sites is 1. The zero-order chi connectivity index (χ0) is 18.8. The SMILES string of the molecule is O=C1c2cc(COc3ccccc3)nn2C(CF)CN1c1ccc(F)cc1. The van der Waals surface area contributed by atoms with Crippen LogP contribution in [0.4, 0.5) is 14.5 Å². The highest BCUT2D eigenvalue weighted by Gasteiger charge is 2.33. The molecule has 0 saturated heterocycles. The summed E-state index contributed by atoms with van der Waals surface area (Å²) in [5.74, 6) is -0.00909. The number of rotatable bonds is 5. The molecule has 3 aromatic rings. The van der Waals surface area contributed by atoms with Crippen molar-refractivity contribution < 1.29 is 18.3 Å². The average Bonchev–Trinajstić information content (AvgIpc) is 3.13. The first-order chi connectivity index (χ1) is 13.2. The number of benzene rings is 2. The Kier molecular flexibility index (Phi) is 4.58. The molecule has 0 radical (unpaired) electrons. The summed E-state index contributed by atoms with van der Waals surface area (Å²) in [7, 11) is 0. The van der Waals surface area contributed by atoms with Gasteiger partial charge in [-0.3, -0.25) is 9.48 Å². The molecular formula is C20H17F2N3O2. The van der Waals surface area contributed by atoms with Crippen LogP contribution >= 0.6 is 0 Å². The molecule has 138 valence electrons. The molecule has 1 amide bonds. The van der Waals surface area contributed by atoms with E-state index in [1.807, 2.05) is 30.3 Å². The lowest BCUT2D eigenvalue weighted by molar-refractivity contribution is 0.0945. The van der Waals surface area contributed by atoms with Crippen molar-refractivity contribution in [3.63, 3.8) is 0 Å². The Morgan fingerprint density at radius 2 is 1.85 bits per heavy atom. The number of fused-ring (bicyclic) bond motifs is 1. The second-order valence-corrected chi connectivity index (χ2v) is 6.27. The third-order valence-electron chi connectivity index (χ3n) is 4.44. The molecule has 4 rings (SSSR count). The van der Waals surface area contributed by atoms with Gasteiger partial charge in [-0.1, -0.05) is 18.2 Å². The molecule has 0 bridgehead atoms. The number of hydrogen-bond donors (Lipinski definition) is 0. The largest absolute Gasteiger partial charge is 0.487 e. The van der Waals surface area contributed by atoms with Gasteiger partial charge in [0.25, 0.3) is 5.91 Å². The number of amides is 1. The van der Waals surface area contributed by atoms with Crippen LogP contribution in [0, 0.1) is 5.82 Å². The van der Waals surface area contributed by atoms with E-state index < -0.39 is 18.5 Å². The van der Waals surface area contributed by atoms with Crippen molar-refractivity contribution >= 4 is 11.6 Å². The van der Waals surface area contributed by atoms with Gasteiger partial charge in [-0.05, 0) is 42.5 Å². The molecule has 2 aromatic carbocycles. The first kappa shape index (κ1) is 17.2. The number of carbonyl (C=O) groups excluding carboxylic acids is 1. The fourth-order valence-electron chi connectivity index (χ4n) is 3.09. The Morgan fingerprint density at radius 3 is 2.56 bits per heavy atom. The number of carbonyl (C=O) groups is 1. The van der Waals surface area contributed by atoms with Crippen molar-refractivity contribution in [2.24, 2.45) is 0 Å². The normalized spacial score (nSPS) is 16.3. The Bertz CT molecular complexity index is 942. The fourth-order valence-corrected chi connectivity index (χ4v) is 3.09. The number of aromatic nitrogens is 2. The van der Waals surface area contributed by atoms with Gasteiger partial charge in [-0.2, -0.15) is 5.10 Å². The zero-order valence-corrected chi connectivity index (χ0v) is 14.4. The zero-order valence-electron chi connectivity index (χ0n) is 14.4. The van der Waals surface area contributed by atoms with E-state index in [2.05, 4.69) is 5.10 Å². The Labute approximate surface area is 154 Å². The summed E-state index contributed by atoms with van der Waals surface area (Å²) in [6, 6.07) is 15.8. The van der Waals surface area contributed by atoms with Crippen LogP contribution in [0.15, 0.2) is 60.7 Å². The van der Waals surface area contributed by atoms with E-state index in [0.717, 1.165) is 0 Å². The van der Waals surface area contributed by atoms with Crippen LogP contribution in [0.3, 0.4) is 0 Å². The molecule has 5 nitrogen and oxygen atoms in total. The second-order valence-electron chi connectivity index (χ2n) is 6.27. The molecular weight excluding hydrogens is 352 g/mol. The molecule has 1 atom stereocenters. The summed E-state index contributed by atoms with van der Waals surface area (Å²) < 4.78 is 33.9. The molecule has 1 aliphatic heterocycles. The Morgan fingerprint density at radius 1 is 1.11 bits per heavy atom. The van der Waals surface area contributed by atoms with Crippen LogP contribution < -0.4 is 9.64 Å². The molecule has 27 heavy (non-hydrogen) atoms. The summed E-state index contributed by atoms with van der Waals surface area (Å²) in [5, 5.41) is 4.35. The molecule has 2 heterocycles. The topological polar surface area (TPSA) is 47.4 Å². The van der Waals surface area contributed by atoms with E-state index >= 15 is 0 Å². The van der Waals surface area contributed by atoms with Gasteiger partial charge in [0.1, 0.15) is 36.2 Å². The van der Waals surface area contributed by atoms with E-state index in [1.54, 1.807) is 6.07 Å². The Balaban J connectivity index is 1.59. The van der Waals surface area contributed by atoms with Crippen LogP contribution in [-0.2, 0) is 6.61 Å². The van der Waals surface area contributed by atoms with Crippen molar-refractivity contribution in [3.05, 3.63) is 77.9 Å². The summed E-state index contributed by atoms with van der Waals surface area (Å²) >= 11 is 0. The summed E-state index contributed by atoms with van der Waals surface area (Å²) in [6.45, 7) is -0.361. The highest BCUT2D eigenvalue weighted by atomic mass is 19.1. The number of hydrogen-bond acceptors (Lipinski definition) is 3. The summed E-state index contributed by atoms with van der Waals surface area (Å²) in [6.07, 6.45) is 0. The first-order valence-electron chi connectivity index (χ1n) is 8.55. The molecule has 0 N–H and O–H groups in total. The fraction of sp³-hybridized carbons (Fsp3) is 0.200. The standard InChI is InChI=1S/C20H17F2N3O2/c21-11-17-12-24(16-8-6-14(22)7-9-16)20(26)19-10-15(23-25(17)19)13-27-18-4-2-1-3-5-18/h1-10,17H,11-13H2. The lowest BCUT2D eigenvalue weighted by Crippen LogP contribution is -2.44. The van der Waals surface area contributed by atoms with Gasteiger partial charge in [0.15, 0.2) is 0 Å². The predicted molar refractivity (Wildman–Crippen MR) is 96.1 cm³/mol. The minimum Gasteiger partial charge on any atom is -0.487 e. The van der Waals surface area contributed by atoms with Crippen molar-refractivity contribution in [1.82, 2.24) is 9.78 Å². The monoisotopic (exact) mass is 369 g/mol. The molecule has 0 aliphatic carbocycles. The molecule has 1 unspecified atom stereocenters. The second kappa shape index (κ2) is 7.19. The average molecular weight is 369 g/mol. The number of halogens is 2. The van der Waals surface area contributed by atoms with Crippen molar-refractivity contribution in [2.75, 3.05) is 18.1 Å². The van der Waals surface area contributed by atoms with Crippen LogP contribution in [0.5, 0.6) is 5.75 Å². The van der Waals surface area contributed by atoms with E-state index in [9.17, 15) is 13.6 Å². The lowest BCUT2D eigenvalue weighted by Gasteiger charge is -2.32. The summed E-state index contributed by atoms with van der Waals surface area (Å²) in [4.78, 5) is 14.3. The van der Waals surface area contributed by atoms with Crippen LogP contribution in [0.2, 0.25) is 0 Å². The van der Waals surface area contributed by atoms with Gasteiger partial charge >= 0.3 is 0 Å². The van der Waals surface area contributed by atoms with Gasteiger partial charge in [-0.15, -0.1) is 0 Å². The van der Waals surface area contributed by atoms with E-state index in [-0.39, 0.29) is 19.1 Å². The minimum atomic E-state index is -0.668. The maximum atomic E-state index is 13.6. The van der Waals surface area contributed by atoms with Gasteiger partial charge in [0.2, 0.25) is 0 Å². The maximum Gasteiger partial charge on any atom is 0.276 e. The minimum absolute atomic E-state index is 0.134. The molecule has 0 spiro atoms. The molecule has 7 heteroatoms. The predicted octanol–water partition coefficient (Wildman–Crippen LogP) is 3.77. The van der Waals surface area contributed by atoms with Gasteiger partial charge in [0.05, 0.1) is 12.6 Å². The number of anilines is 1. The third kappa shape index (κ3) is 3.40. The smallest absolute Gasteiger partial charge is 0.276 e. The number of nitrogens with zero attached hydrogens (tertiary/aromatic N) is 3. The van der Waals surface area contributed by atoms with E-state index in [0.29, 0.717) is 22.8 Å². The van der Waals surface area contributed by atoms with Crippen LogP contribution in [-0.4, -0.2) is 28.9 Å². The van der Waals surface area contributed by atoms with Crippen molar-refractivity contribution in [3.8, 4) is 5.75 Å². The van der Waals surface area contributed by atoms with Crippen molar-refractivity contribution in [1.29, 1.82) is 0 Å². The van der Waals surface area contributed by atoms with Crippen molar-refractivity contribution in [2.45, 2.75) is 12.6 Å². The molecule has 0 saturated carbocycles. The van der Waals surface area contributed by atoms with Gasteiger partial charge in [0, 0.05) is 5.69 Å².